The molecule has 1 aromatic rings. The average Bonchev–Trinajstić information content (AvgIpc) is 2.37. The Morgan fingerprint density at radius 3 is 2.39 bits per heavy atom. The number of carbonyl (C=O) groups is 1. The van der Waals surface area contributed by atoms with E-state index in [0.29, 0.717) is 11.1 Å². The van der Waals surface area contributed by atoms with Crippen molar-refractivity contribution in [2.75, 3.05) is 0 Å². The van der Waals surface area contributed by atoms with Gasteiger partial charge in [0.2, 0.25) is 0 Å². The van der Waals surface area contributed by atoms with Crippen LogP contribution in [0.4, 0.5) is 0 Å². The van der Waals surface area contributed by atoms with Gasteiger partial charge in [0, 0.05) is 5.56 Å². The molecule has 1 N–H and O–H groups in total. The van der Waals surface area contributed by atoms with Gasteiger partial charge in [0.15, 0.2) is 0 Å². The van der Waals surface area contributed by atoms with Gasteiger partial charge in [-0.1, -0.05) is 37.7 Å². The highest BCUT2D eigenvalue weighted by Gasteiger charge is 2.14. The zero-order chi connectivity index (χ0) is 13.5. The van der Waals surface area contributed by atoms with E-state index in [4.69, 9.17) is 18.0 Å². The highest BCUT2D eigenvalue weighted by Crippen LogP contribution is 2.20. The summed E-state index contributed by atoms with van der Waals surface area (Å²) in [7, 11) is 0. The quantitative estimate of drug-likeness (QED) is 0.634. The van der Waals surface area contributed by atoms with Crippen LogP contribution in [0, 0.1) is 24.7 Å². The van der Waals surface area contributed by atoms with Crippen LogP contribution >= 0.6 is 0 Å². The summed E-state index contributed by atoms with van der Waals surface area (Å²) < 4.78 is 0. The molecule has 0 amide bonds. The van der Waals surface area contributed by atoms with Crippen molar-refractivity contribution >= 4 is 5.97 Å². The molecule has 0 fully saturated rings. The molecule has 0 spiro atoms. The first-order valence-electron chi connectivity index (χ1n) is 5.98. The topological polar surface area (TPSA) is 37.3 Å². The Morgan fingerprint density at radius 1 is 1.22 bits per heavy atom. The largest absolute Gasteiger partial charge is 0.478 e. The van der Waals surface area contributed by atoms with Crippen molar-refractivity contribution in [3.63, 3.8) is 0 Å². The molecule has 0 aromatic heterocycles. The Hall–Kier alpha value is -2.19. The number of carboxylic acids is 1. The highest BCUT2D eigenvalue weighted by atomic mass is 16.4. The minimum Gasteiger partial charge on any atom is -0.478 e. The number of hydrogen-bond donors (Lipinski definition) is 1. The van der Waals surface area contributed by atoms with Gasteiger partial charge in [-0.2, -0.15) is 0 Å². The lowest BCUT2D eigenvalue weighted by Gasteiger charge is -2.09. The zero-order valence-corrected chi connectivity index (χ0v) is 10.5. The molecule has 1 aromatic carbocycles. The first-order valence-corrected chi connectivity index (χ1v) is 5.98. The SMILES string of the molecule is C#Cc1c(CCCCC)ccc(C(=O)O)c1C#C. The smallest absolute Gasteiger partial charge is 0.337 e. The molecule has 0 aliphatic heterocycles. The fourth-order valence-electron chi connectivity index (χ4n) is 1.91. The summed E-state index contributed by atoms with van der Waals surface area (Å²) in [6, 6.07) is 3.31. The molecule has 0 unspecified atom stereocenters. The van der Waals surface area contributed by atoms with Crippen LogP contribution in [0.1, 0.15) is 53.2 Å². The zero-order valence-electron chi connectivity index (χ0n) is 10.5. The third kappa shape index (κ3) is 2.93. The Morgan fingerprint density at radius 2 is 1.89 bits per heavy atom. The second-order valence-corrected chi connectivity index (χ2v) is 4.07. The van der Waals surface area contributed by atoms with E-state index in [9.17, 15) is 4.79 Å². The Bertz CT molecular complexity index is 527. The summed E-state index contributed by atoms with van der Waals surface area (Å²) in [6.45, 7) is 2.13. The lowest BCUT2D eigenvalue weighted by Crippen LogP contribution is -2.05. The summed E-state index contributed by atoms with van der Waals surface area (Å²) >= 11 is 0. The van der Waals surface area contributed by atoms with Crippen LogP contribution in [0.15, 0.2) is 12.1 Å². The van der Waals surface area contributed by atoms with E-state index in [0.717, 1.165) is 31.2 Å². The van der Waals surface area contributed by atoms with E-state index in [1.54, 1.807) is 12.1 Å². The van der Waals surface area contributed by atoms with E-state index >= 15 is 0 Å². The molecule has 2 nitrogen and oxygen atoms in total. The minimum absolute atomic E-state index is 0.102. The van der Waals surface area contributed by atoms with Crippen LogP contribution in [-0.4, -0.2) is 11.1 Å². The van der Waals surface area contributed by atoms with Crippen molar-refractivity contribution in [3.05, 3.63) is 34.4 Å². The monoisotopic (exact) mass is 240 g/mol. The lowest BCUT2D eigenvalue weighted by molar-refractivity contribution is 0.0696. The second kappa shape index (κ2) is 6.52. The number of rotatable bonds is 5. The molecule has 0 saturated carbocycles. The molecule has 0 aliphatic rings. The third-order valence-corrected chi connectivity index (χ3v) is 2.86. The van der Waals surface area contributed by atoms with E-state index in [2.05, 4.69) is 18.8 Å². The predicted octanol–water partition coefficient (Wildman–Crippen LogP) is 3.08. The Labute approximate surface area is 108 Å². The van der Waals surface area contributed by atoms with Crippen LogP contribution in [-0.2, 0) is 6.42 Å². The van der Waals surface area contributed by atoms with Crippen molar-refractivity contribution in [2.45, 2.75) is 32.6 Å². The van der Waals surface area contributed by atoms with Gasteiger partial charge in [-0.05, 0) is 24.5 Å². The molecule has 1 rings (SSSR count). The molecular formula is C16H16O2. The van der Waals surface area contributed by atoms with E-state index in [-0.39, 0.29) is 5.56 Å². The van der Waals surface area contributed by atoms with E-state index in [1.807, 2.05) is 0 Å². The molecule has 0 heterocycles. The van der Waals surface area contributed by atoms with Gasteiger partial charge in [-0.25, -0.2) is 4.79 Å². The molecule has 0 bridgehead atoms. The van der Waals surface area contributed by atoms with Crippen molar-refractivity contribution in [3.8, 4) is 24.7 Å². The molecule has 92 valence electrons. The number of aryl methyl sites for hydroxylation is 1. The van der Waals surface area contributed by atoms with E-state index < -0.39 is 5.97 Å². The Balaban J connectivity index is 3.20. The van der Waals surface area contributed by atoms with Crippen molar-refractivity contribution in [1.82, 2.24) is 0 Å². The molecule has 0 aliphatic carbocycles. The molecule has 18 heavy (non-hydrogen) atoms. The fourth-order valence-corrected chi connectivity index (χ4v) is 1.91. The summed E-state index contributed by atoms with van der Waals surface area (Å²) in [5.41, 5.74) is 1.93. The van der Waals surface area contributed by atoms with Gasteiger partial charge in [0.25, 0.3) is 0 Å². The molecule has 0 saturated heterocycles. The molecule has 0 atom stereocenters. The fraction of sp³-hybridized carbons (Fsp3) is 0.312. The maximum Gasteiger partial charge on any atom is 0.337 e. The van der Waals surface area contributed by atoms with Gasteiger partial charge in [-0.3, -0.25) is 0 Å². The van der Waals surface area contributed by atoms with Gasteiger partial charge in [0.05, 0.1) is 11.1 Å². The van der Waals surface area contributed by atoms with E-state index in [1.165, 1.54) is 0 Å². The number of unbranched alkanes of at least 4 members (excludes halogenated alkanes) is 2. The second-order valence-electron chi connectivity index (χ2n) is 4.07. The summed E-state index contributed by atoms with van der Waals surface area (Å²) in [5, 5.41) is 9.06. The molecule has 0 radical (unpaired) electrons. The minimum atomic E-state index is -1.04. The molecular weight excluding hydrogens is 224 g/mol. The van der Waals surface area contributed by atoms with Crippen molar-refractivity contribution < 1.29 is 9.90 Å². The van der Waals surface area contributed by atoms with Crippen molar-refractivity contribution in [1.29, 1.82) is 0 Å². The maximum absolute atomic E-state index is 11.1. The lowest BCUT2D eigenvalue weighted by atomic mass is 9.93. The maximum atomic E-state index is 11.1. The number of terminal acetylenes is 2. The first kappa shape index (κ1) is 13.9. The Kier molecular flexibility index (Phi) is 5.03. The number of hydrogen-bond acceptors (Lipinski definition) is 1. The summed E-state index contributed by atoms with van der Waals surface area (Å²) in [5.74, 6) is 3.89. The summed E-state index contributed by atoms with van der Waals surface area (Å²) in [4.78, 5) is 11.1. The van der Waals surface area contributed by atoms with Gasteiger partial charge in [-0.15, -0.1) is 12.8 Å². The number of carboxylic acid groups (broad SMARTS) is 1. The van der Waals surface area contributed by atoms with Crippen LogP contribution in [0.2, 0.25) is 0 Å². The highest BCUT2D eigenvalue weighted by molar-refractivity contribution is 5.92. The summed E-state index contributed by atoms with van der Waals surface area (Å²) in [6.07, 6.45) is 15.0. The van der Waals surface area contributed by atoms with Crippen LogP contribution < -0.4 is 0 Å². The third-order valence-electron chi connectivity index (χ3n) is 2.86. The van der Waals surface area contributed by atoms with Crippen LogP contribution in [0.5, 0.6) is 0 Å². The molecule has 2 heteroatoms. The van der Waals surface area contributed by atoms with Crippen LogP contribution in [0.3, 0.4) is 0 Å². The standard InChI is InChI=1S/C16H16O2/c1-4-7-8-9-12-10-11-15(16(17)18)14(6-3)13(12)5-2/h2-3,10-11H,4,7-9H2,1H3,(H,17,18). The number of aromatic carboxylic acids is 1. The van der Waals surface area contributed by atoms with Gasteiger partial charge in [0.1, 0.15) is 0 Å². The number of benzene rings is 1. The predicted molar refractivity (Wildman–Crippen MR) is 72.5 cm³/mol. The normalized spacial score (nSPS) is 9.50. The van der Waals surface area contributed by atoms with Crippen LogP contribution in [0.25, 0.3) is 0 Å². The van der Waals surface area contributed by atoms with Crippen molar-refractivity contribution in [2.24, 2.45) is 0 Å². The van der Waals surface area contributed by atoms with Gasteiger partial charge < -0.3 is 5.11 Å². The average molecular weight is 240 g/mol. The van der Waals surface area contributed by atoms with Gasteiger partial charge >= 0.3 is 5.97 Å². The first-order chi connectivity index (χ1) is 8.65.